The van der Waals surface area contributed by atoms with Gasteiger partial charge in [0, 0.05) is 17.0 Å². The summed E-state index contributed by atoms with van der Waals surface area (Å²) in [6.45, 7) is 2.27. The number of benzene rings is 1. The maximum Gasteiger partial charge on any atom is 0.269 e. The van der Waals surface area contributed by atoms with Crippen molar-refractivity contribution in [1.82, 2.24) is 9.97 Å². The van der Waals surface area contributed by atoms with Crippen LogP contribution in [0.1, 0.15) is 23.8 Å². The number of hydrogen-bond acceptors (Lipinski definition) is 6. The van der Waals surface area contributed by atoms with E-state index < -0.39 is 4.92 Å². The van der Waals surface area contributed by atoms with Crippen LogP contribution in [0.15, 0.2) is 30.6 Å². The molecule has 3 aromatic rings. The molecule has 6 nitrogen and oxygen atoms in total. The van der Waals surface area contributed by atoms with Crippen LogP contribution in [0.3, 0.4) is 0 Å². The standard InChI is InChI=1S/C17H15N3O3S/c1-10-2-7-13-14(8-10)24-17-15(13)16(18-9-19-17)23-12-5-3-11(4-6-12)20(21)22/h3-6,9-10H,2,7-8H2,1H3/t10-/m1/s1. The number of nitrogens with zero attached hydrogens (tertiary/aromatic N) is 3. The van der Waals surface area contributed by atoms with Crippen molar-refractivity contribution in [2.45, 2.75) is 26.2 Å². The number of thiophene rings is 1. The third kappa shape index (κ3) is 2.60. The van der Waals surface area contributed by atoms with Gasteiger partial charge in [0.25, 0.3) is 5.69 Å². The van der Waals surface area contributed by atoms with E-state index in [-0.39, 0.29) is 5.69 Å². The molecule has 0 aliphatic heterocycles. The quantitative estimate of drug-likeness (QED) is 0.517. The average molecular weight is 341 g/mol. The first-order chi connectivity index (χ1) is 11.6. The largest absolute Gasteiger partial charge is 0.438 e. The van der Waals surface area contributed by atoms with Gasteiger partial charge in [-0.3, -0.25) is 10.1 Å². The maximum atomic E-state index is 10.7. The number of non-ortho nitro benzene ring substituents is 1. The summed E-state index contributed by atoms with van der Waals surface area (Å²) in [5.74, 6) is 1.75. The highest BCUT2D eigenvalue weighted by Gasteiger charge is 2.23. The molecule has 0 saturated heterocycles. The average Bonchev–Trinajstić information content (AvgIpc) is 2.93. The lowest BCUT2D eigenvalue weighted by Crippen LogP contribution is -2.08. The Morgan fingerprint density at radius 3 is 2.83 bits per heavy atom. The summed E-state index contributed by atoms with van der Waals surface area (Å²) in [6, 6.07) is 6.04. The summed E-state index contributed by atoms with van der Waals surface area (Å²) in [5, 5.41) is 11.7. The van der Waals surface area contributed by atoms with Gasteiger partial charge in [-0.25, -0.2) is 9.97 Å². The Kier molecular flexibility index (Phi) is 3.65. The molecule has 0 amide bonds. The van der Waals surface area contributed by atoms with Crippen molar-refractivity contribution < 1.29 is 9.66 Å². The zero-order valence-electron chi connectivity index (χ0n) is 13.1. The van der Waals surface area contributed by atoms with E-state index in [0.29, 0.717) is 17.5 Å². The van der Waals surface area contributed by atoms with Crippen LogP contribution in [0.25, 0.3) is 10.2 Å². The molecule has 1 atom stereocenters. The van der Waals surface area contributed by atoms with Crippen LogP contribution in [-0.2, 0) is 12.8 Å². The number of nitro benzene ring substituents is 1. The number of ether oxygens (including phenoxy) is 1. The maximum absolute atomic E-state index is 10.7. The third-order valence-corrected chi connectivity index (χ3v) is 5.48. The minimum atomic E-state index is -0.427. The molecule has 2 aromatic heterocycles. The molecule has 1 aliphatic carbocycles. The second-order valence-electron chi connectivity index (χ2n) is 6.06. The van der Waals surface area contributed by atoms with Gasteiger partial charge in [-0.05, 0) is 42.9 Å². The number of nitro groups is 1. The normalized spacial score (nSPS) is 16.8. The summed E-state index contributed by atoms with van der Waals surface area (Å²) in [7, 11) is 0. The molecule has 7 heteroatoms. The smallest absolute Gasteiger partial charge is 0.269 e. The van der Waals surface area contributed by atoms with Crippen molar-refractivity contribution in [2.24, 2.45) is 5.92 Å². The van der Waals surface area contributed by atoms with Crippen LogP contribution in [0, 0.1) is 16.0 Å². The number of rotatable bonds is 3. The fraction of sp³-hybridized carbons (Fsp3) is 0.294. The highest BCUT2D eigenvalue weighted by Crippen LogP contribution is 2.41. The lowest BCUT2D eigenvalue weighted by molar-refractivity contribution is -0.384. The first-order valence-corrected chi connectivity index (χ1v) is 8.61. The van der Waals surface area contributed by atoms with Gasteiger partial charge in [0.05, 0.1) is 10.3 Å². The number of aromatic nitrogens is 2. The van der Waals surface area contributed by atoms with Crippen LogP contribution in [0.4, 0.5) is 5.69 Å². The molecule has 0 bridgehead atoms. The Morgan fingerprint density at radius 1 is 1.29 bits per heavy atom. The van der Waals surface area contributed by atoms with Gasteiger partial charge >= 0.3 is 0 Å². The van der Waals surface area contributed by atoms with Crippen LogP contribution >= 0.6 is 11.3 Å². The highest BCUT2D eigenvalue weighted by molar-refractivity contribution is 7.18. The lowest BCUT2D eigenvalue weighted by Gasteiger charge is -2.18. The van der Waals surface area contributed by atoms with Crippen molar-refractivity contribution in [3.63, 3.8) is 0 Å². The van der Waals surface area contributed by atoms with E-state index in [4.69, 9.17) is 4.74 Å². The summed E-state index contributed by atoms with van der Waals surface area (Å²) in [5.41, 5.74) is 1.34. The molecule has 0 spiro atoms. The van der Waals surface area contributed by atoms with E-state index in [2.05, 4.69) is 16.9 Å². The van der Waals surface area contributed by atoms with Crippen molar-refractivity contribution in [3.8, 4) is 11.6 Å². The van der Waals surface area contributed by atoms with Crippen LogP contribution < -0.4 is 4.74 Å². The molecule has 2 heterocycles. The van der Waals surface area contributed by atoms with Crippen molar-refractivity contribution in [3.05, 3.63) is 51.1 Å². The minimum absolute atomic E-state index is 0.0390. The van der Waals surface area contributed by atoms with Crippen molar-refractivity contribution in [1.29, 1.82) is 0 Å². The monoisotopic (exact) mass is 341 g/mol. The summed E-state index contributed by atoms with van der Waals surface area (Å²) < 4.78 is 5.91. The van der Waals surface area contributed by atoms with E-state index in [1.165, 1.54) is 28.9 Å². The van der Waals surface area contributed by atoms with Gasteiger partial charge in [-0.2, -0.15) is 0 Å². The topological polar surface area (TPSA) is 78.2 Å². The van der Waals surface area contributed by atoms with E-state index in [0.717, 1.165) is 29.5 Å². The third-order valence-electron chi connectivity index (χ3n) is 4.32. The predicted octanol–water partition coefficient (Wildman–Crippen LogP) is 4.52. The van der Waals surface area contributed by atoms with Gasteiger partial charge < -0.3 is 4.74 Å². The van der Waals surface area contributed by atoms with Gasteiger partial charge in [-0.15, -0.1) is 11.3 Å². The Hall–Kier alpha value is -2.54. The Bertz CT molecular complexity index is 921. The van der Waals surface area contributed by atoms with E-state index in [1.807, 2.05) is 0 Å². The Morgan fingerprint density at radius 2 is 2.08 bits per heavy atom. The summed E-state index contributed by atoms with van der Waals surface area (Å²) in [6.07, 6.45) is 4.76. The molecule has 122 valence electrons. The van der Waals surface area contributed by atoms with E-state index in [9.17, 15) is 10.1 Å². The zero-order chi connectivity index (χ0) is 16.7. The summed E-state index contributed by atoms with van der Waals surface area (Å²) >= 11 is 1.71. The van der Waals surface area contributed by atoms with Gasteiger partial charge in [0.1, 0.15) is 16.9 Å². The zero-order valence-corrected chi connectivity index (χ0v) is 13.9. The SMILES string of the molecule is C[C@@H]1CCc2c(sc3ncnc(Oc4ccc([N+](=O)[O-])cc4)c23)C1. The van der Waals surface area contributed by atoms with Gasteiger partial charge in [-0.1, -0.05) is 6.92 Å². The van der Waals surface area contributed by atoms with Crippen LogP contribution in [0.5, 0.6) is 11.6 Å². The fourth-order valence-electron chi connectivity index (χ4n) is 3.07. The van der Waals surface area contributed by atoms with E-state index in [1.54, 1.807) is 23.5 Å². The molecular weight excluding hydrogens is 326 g/mol. The molecule has 1 aliphatic rings. The number of aryl methyl sites for hydroxylation is 1. The van der Waals surface area contributed by atoms with Crippen molar-refractivity contribution >= 4 is 27.2 Å². The second-order valence-corrected chi connectivity index (χ2v) is 7.15. The Balaban J connectivity index is 1.73. The number of hydrogen-bond donors (Lipinski definition) is 0. The fourth-order valence-corrected chi connectivity index (χ4v) is 4.41. The molecule has 0 N–H and O–H groups in total. The molecule has 0 saturated carbocycles. The van der Waals surface area contributed by atoms with Crippen LogP contribution in [-0.4, -0.2) is 14.9 Å². The first-order valence-electron chi connectivity index (χ1n) is 7.79. The number of fused-ring (bicyclic) bond motifs is 3. The lowest BCUT2D eigenvalue weighted by atomic mass is 9.89. The highest BCUT2D eigenvalue weighted by atomic mass is 32.1. The summed E-state index contributed by atoms with van der Waals surface area (Å²) in [4.78, 5) is 21.3. The predicted molar refractivity (Wildman–Crippen MR) is 91.8 cm³/mol. The molecule has 0 radical (unpaired) electrons. The molecule has 24 heavy (non-hydrogen) atoms. The molecule has 0 fully saturated rings. The second kappa shape index (κ2) is 5.83. The van der Waals surface area contributed by atoms with Gasteiger partial charge in [0.15, 0.2) is 0 Å². The minimum Gasteiger partial charge on any atom is -0.438 e. The molecule has 0 unspecified atom stereocenters. The molecule has 4 rings (SSSR count). The van der Waals surface area contributed by atoms with Gasteiger partial charge in [0.2, 0.25) is 5.88 Å². The Labute approximate surface area is 142 Å². The van der Waals surface area contributed by atoms with E-state index >= 15 is 0 Å². The first kappa shape index (κ1) is 15.0. The molecular formula is C17H15N3O3S. The van der Waals surface area contributed by atoms with Crippen molar-refractivity contribution in [2.75, 3.05) is 0 Å². The molecule has 1 aromatic carbocycles. The van der Waals surface area contributed by atoms with Crippen LogP contribution in [0.2, 0.25) is 0 Å².